The van der Waals surface area contributed by atoms with Crippen molar-refractivity contribution in [1.82, 2.24) is 0 Å². The van der Waals surface area contributed by atoms with Crippen LogP contribution in [-0.4, -0.2) is 27.0 Å². The van der Waals surface area contributed by atoms with Crippen molar-refractivity contribution in [3.05, 3.63) is 24.3 Å². The minimum Gasteiger partial charge on any atom is -0.367 e. The van der Waals surface area contributed by atoms with Crippen LogP contribution in [0.15, 0.2) is 29.2 Å². The highest BCUT2D eigenvalue weighted by Gasteiger charge is 2.25. The average molecular weight is 283 g/mol. The third-order valence-electron chi connectivity index (χ3n) is 3.65. The Hall–Kier alpha value is -1.11. The van der Waals surface area contributed by atoms with Crippen LogP contribution in [0.25, 0.3) is 0 Å². The fourth-order valence-corrected chi connectivity index (χ4v) is 3.17. The lowest BCUT2D eigenvalue weighted by Crippen LogP contribution is -2.49. The van der Waals surface area contributed by atoms with Gasteiger partial charge in [0.05, 0.1) is 4.90 Å². The van der Waals surface area contributed by atoms with Crippen molar-refractivity contribution >= 4 is 15.7 Å². The molecule has 2 atom stereocenters. The van der Waals surface area contributed by atoms with Crippen LogP contribution < -0.4 is 15.8 Å². The van der Waals surface area contributed by atoms with E-state index in [0.29, 0.717) is 6.04 Å². The molecule has 0 aliphatic carbocycles. The zero-order chi connectivity index (χ0) is 14.0. The number of rotatable bonds is 3. The van der Waals surface area contributed by atoms with Crippen LogP contribution in [-0.2, 0) is 10.0 Å². The van der Waals surface area contributed by atoms with Crippen molar-refractivity contribution in [2.24, 2.45) is 10.9 Å². The summed E-state index contributed by atoms with van der Waals surface area (Å²) in [6.45, 7) is 2.97. The van der Waals surface area contributed by atoms with Crippen molar-refractivity contribution in [3.63, 3.8) is 0 Å². The molecule has 0 aromatic heterocycles. The molecule has 2 unspecified atom stereocenters. The zero-order valence-electron chi connectivity index (χ0n) is 11.1. The van der Waals surface area contributed by atoms with Gasteiger partial charge in [0.25, 0.3) is 0 Å². The van der Waals surface area contributed by atoms with Gasteiger partial charge < -0.3 is 10.6 Å². The van der Waals surface area contributed by atoms with E-state index in [4.69, 9.17) is 10.9 Å². The second-order valence-corrected chi connectivity index (χ2v) is 6.72. The van der Waals surface area contributed by atoms with Gasteiger partial charge in [0.15, 0.2) is 0 Å². The second kappa shape index (κ2) is 5.48. The Bertz CT molecular complexity index is 525. The summed E-state index contributed by atoms with van der Waals surface area (Å²) in [7, 11) is -3.62. The number of nitrogens with two attached hydrogens (primary N) is 2. The van der Waals surface area contributed by atoms with Crippen LogP contribution in [0.1, 0.15) is 26.2 Å². The molecule has 106 valence electrons. The molecule has 1 heterocycles. The van der Waals surface area contributed by atoms with Gasteiger partial charge in [-0.15, -0.1) is 0 Å². The molecule has 1 aliphatic rings. The van der Waals surface area contributed by atoms with Crippen molar-refractivity contribution < 1.29 is 8.42 Å². The molecule has 2 rings (SSSR count). The number of benzene rings is 1. The standard InChI is InChI=1S/C13H21N3O2S/c1-10(14)13-4-2-3-9-16(13)11-5-7-12(8-6-11)19(15,17)18/h5-8,10,13H,2-4,9,14H2,1H3,(H2,15,17,18). The fraction of sp³-hybridized carbons (Fsp3) is 0.538. The summed E-state index contributed by atoms with van der Waals surface area (Å²) < 4.78 is 22.5. The molecule has 0 bridgehead atoms. The van der Waals surface area contributed by atoms with Gasteiger partial charge in [0.1, 0.15) is 0 Å². The summed E-state index contributed by atoms with van der Waals surface area (Å²) in [6, 6.07) is 7.13. The molecule has 0 saturated carbocycles. The molecule has 0 spiro atoms. The maximum Gasteiger partial charge on any atom is 0.238 e. The van der Waals surface area contributed by atoms with Crippen LogP contribution >= 0.6 is 0 Å². The summed E-state index contributed by atoms with van der Waals surface area (Å²) in [5, 5.41) is 5.10. The van der Waals surface area contributed by atoms with E-state index in [2.05, 4.69) is 4.90 Å². The van der Waals surface area contributed by atoms with Gasteiger partial charge >= 0.3 is 0 Å². The summed E-state index contributed by atoms with van der Waals surface area (Å²) in [6.07, 6.45) is 3.41. The number of nitrogens with zero attached hydrogens (tertiary/aromatic N) is 1. The van der Waals surface area contributed by atoms with Crippen molar-refractivity contribution in [2.75, 3.05) is 11.4 Å². The fourth-order valence-electron chi connectivity index (χ4n) is 2.65. The molecular weight excluding hydrogens is 262 g/mol. The third-order valence-corrected chi connectivity index (χ3v) is 4.58. The van der Waals surface area contributed by atoms with Gasteiger partial charge in [-0.05, 0) is 50.5 Å². The first kappa shape index (κ1) is 14.3. The predicted octanol–water partition coefficient (Wildman–Crippen LogP) is 1.04. The van der Waals surface area contributed by atoms with Crippen molar-refractivity contribution in [1.29, 1.82) is 0 Å². The molecule has 1 aliphatic heterocycles. The van der Waals surface area contributed by atoms with Crippen LogP contribution in [0.5, 0.6) is 0 Å². The number of anilines is 1. The van der Waals surface area contributed by atoms with Gasteiger partial charge in [-0.3, -0.25) is 0 Å². The van der Waals surface area contributed by atoms with Crippen molar-refractivity contribution in [2.45, 2.75) is 43.2 Å². The maximum atomic E-state index is 11.2. The number of hydrogen-bond acceptors (Lipinski definition) is 4. The summed E-state index contributed by atoms with van der Waals surface area (Å²) in [4.78, 5) is 2.41. The lowest BCUT2D eigenvalue weighted by molar-refractivity contribution is 0.413. The quantitative estimate of drug-likeness (QED) is 0.867. The van der Waals surface area contributed by atoms with E-state index in [-0.39, 0.29) is 10.9 Å². The van der Waals surface area contributed by atoms with Crippen LogP contribution in [0.3, 0.4) is 0 Å². The van der Waals surface area contributed by atoms with E-state index in [0.717, 1.165) is 25.1 Å². The first-order valence-corrected chi connectivity index (χ1v) is 8.09. The zero-order valence-corrected chi connectivity index (χ0v) is 11.9. The number of primary sulfonamides is 1. The molecule has 1 aromatic carbocycles. The SMILES string of the molecule is CC(N)C1CCCCN1c1ccc(S(N)(=O)=O)cc1. The molecule has 4 N–H and O–H groups in total. The Kier molecular flexibility index (Phi) is 4.13. The van der Waals surface area contributed by atoms with Gasteiger partial charge in [0, 0.05) is 24.3 Å². The Morgan fingerprint density at radius 2 is 1.89 bits per heavy atom. The van der Waals surface area contributed by atoms with Crippen LogP contribution in [0, 0.1) is 0 Å². The molecular formula is C13H21N3O2S. The lowest BCUT2D eigenvalue weighted by Gasteiger charge is -2.39. The minimum absolute atomic E-state index is 0.0956. The Balaban J connectivity index is 2.25. The molecule has 19 heavy (non-hydrogen) atoms. The van der Waals surface area contributed by atoms with Gasteiger partial charge in [-0.2, -0.15) is 0 Å². The highest BCUT2D eigenvalue weighted by Crippen LogP contribution is 2.26. The first-order chi connectivity index (χ1) is 8.89. The topological polar surface area (TPSA) is 89.4 Å². The molecule has 1 saturated heterocycles. The van der Waals surface area contributed by atoms with E-state index < -0.39 is 10.0 Å². The van der Waals surface area contributed by atoms with E-state index in [1.54, 1.807) is 24.3 Å². The number of sulfonamides is 1. The molecule has 1 aromatic rings. The Morgan fingerprint density at radius 1 is 1.26 bits per heavy atom. The second-order valence-electron chi connectivity index (χ2n) is 5.15. The van der Waals surface area contributed by atoms with E-state index in [9.17, 15) is 8.42 Å². The monoisotopic (exact) mass is 283 g/mol. The van der Waals surface area contributed by atoms with Crippen molar-refractivity contribution in [3.8, 4) is 0 Å². The molecule has 0 amide bonds. The highest BCUT2D eigenvalue weighted by molar-refractivity contribution is 7.89. The highest BCUT2D eigenvalue weighted by atomic mass is 32.2. The largest absolute Gasteiger partial charge is 0.367 e. The summed E-state index contributed by atoms with van der Waals surface area (Å²) >= 11 is 0. The third kappa shape index (κ3) is 3.26. The smallest absolute Gasteiger partial charge is 0.238 e. The minimum atomic E-state index is -3.62. The van der Waals surface area contributed by atoms with E-state index in [1.807, 2.05) is 6.92 Å². The average Bonchev–Trinajstić information content (AvgIpc) is 2.38. The Morgan fingerprint density at radius 3 is 2.42 bits per heavy atom. The Labute approximate surface area is 114 Å². The maximum absolute atomic E-state index is 11.2. The number of hydrogen-bond donors (Lipinski definition) is 2. The summed E-state index contributed by atoms with van der Waals surface area (Å²) in [5.74, 6) is 0. The normalized spacial score (nSPS) is 22.3. The number of piperidine rings is 1. The van der Waals surface area contributed by atoms with Gasteiger partial charge in [-0.1, -0.05) is 0 Å². The van der Waals surface area contributed by atoms with Gasteiger partial charge in [-0.25, -0.2) is 13.6 Å². The van der Waals surface area contributed by atoms with Gasteiger partial charge in [0.2, 0.25) is 10.0 Å². The van der Waals surface area contributed by atoms with E-state index >= 15 is 0 Å². The molecule has 5 nitrogen and oxygen atoms in total. The molecule has 0 radical (unpaired) electrons. The van der Waals surface area contributed by atoms with Crippen LogP contribution in [0.4, 0.5) is 5.69 Å². The summed E-state index contributed by atoms with van der Waals surface area (Å²) in [5.41, 5.74) is 7.05. The predicted molar refractivity (Wildman–Crippen MR) is 76.4 cm³/mol. The first-order valence-electron chi connectivity index (χ1n) is 6.54. The lowest BCUT2D eigenvalue weighted by atomic mass is 9.96. The van der Waals surface area contributed by atoms with Crippen LogP contribution in [0.2, 0.25) is 0 Å². The van der Waals surface area contributed by atoms with E-state index in [1.165, 1.54) is 6.42 Å². The molecule has 1 fully saturated rings. The molecule has 6 heteroatoms.